The third kappa shape index (κ3) is 7.04. The van der Waals surface area contributed by atoms with Gasteiger partial charge in [0, 0.05) is 13.7 Å². The summed E-state index contributed by atoms with van der Waals surface area (Å²) < 4.78 is 10.7. The van der Waals surface area contributed by atoms with Crippen LogP contribution in [0.2, 0.25) is 0 Å². The Morgan fingerprint density at radius 3 is 1.96 bits per heavy atom. The van der Waals surface area contributed by atoms with Gasteiger partial charge in [0.25, 0.3) is 0 Å². The highest BCUT2D eigenvalue weighted by Gasteiger charge is 2.29. The second kappa shape index (κ2) is 11.8. The third-order valence-corrected chi connectivity index (χ3v) is 4.34. The van der Waals surface area contributed by atoms with Gasteiger partial charge in [0.1, 0.15) is 19.3 Å². The summed E-state index contributed by atoms with van der Waals surface area (Å²) in [6.07, 6.45) is 0.952. The zero-order valence-electron chi connectivity index (χ0n) is 16.1. The minimum absolute atomic E-state index is 0.0357. The molecule has 1 amide bonds. The number of aliphatic hydroxyl groups is 1. The Morgan fingerprint density at radius 1 is 0.893 bits per heavy atom. The lowest BCUT2D eigenvalue weighted by atomic mass is 10.1. The van der Waals surface area contributed by atoms with Gasteiger partial charge in [-0.3, -0.25) is 4.90 Å². The first-order chi connectivity index (χ1) is 13.6. The highest BCUT2D eigenvalue weighted by atomic mass is 16.6. The molecule has 2 rings (SSSR count). The van der Waals surface area contributed by atoms with Crippen LogP contribution in [-0.4, -0.2) is 41.8 Å². The average Bonchev–Trinajstić information content (AvgIpc) is 2.74. The second-order valence-electron chi connectivity index (χ2n) is 6.48. The van der Waals surface area contributed by atoms with Crippen molar-refractivity contribution in [2.24, 2.45) is 0 Å². The van der Waals surface area contributed by atoms with Crippen LogP contribution in [0.4, 0.5) is 4.79 Å². The molecule has 6 heteroatoms. The number of aliphatic hydroxyl groups excluding tert-OH is 1. The molecule has 28 heavy (non-hydrogen) atoms. The van der Waals surface area contributed by atoms with E-state index in [9.17, 15) is 9.59 Å². The molecule has 0 saturated heterocycles. The molecule has 0 fully saturated rings. The van der Waals surface area contributed by atoms with Gasteiger partial charge in [0.15, 0.2) is 0 Å². The molecule has 0 aliphatic rings. The van der Waals surface area contributed by atoms with Crippen molar-refractivity contribution in [1.29, 1.82) is 0 Å². The van der Waals surface area contributed by atoms with Crippen molar-refractivity contribution in [2.75, 3.05) is 13.7 Å². The normalized spacial score (nSPS) is 11.5. The number of unbranched alkanes of at least 4 members (excludes halogenated alkanes) is 1. The molecule has 0 aliphatic carbocycles. The minimum atomic E-state index is -0.765. The summed E-state index contributed by atoms with van der Waals surface area (Å²) in [4.78, 5) is 26.3. The summed E-state index contributed by atoms with van der Waals surface area (Å²) >= 11 is 0. The van der Waals surface area contributed by atoms with Crippen molar-refractivity contribution in [2.45, 2.75) is 38.5 Å². The van der Waals surface area contributed by atoms with Crippen LogP contribution < -0.4 is 0 Å². The fourth-order valence-corrected chi connectivity index (χ4v) is 2.69. The van der Waals surface area contributed by atoms with E-state index in [1.165, 1.54) is 11.9 Å². The van der Waals surface area contributed by atoms with Crippen LogP contribution in [0.1, 0.15) is 30.4 Å². The summed E-state index contributed by atoms with van der Waals surface area (Å²) in [6, 6.07) is 17.9. The Bertz CT molecular complexity index is 720. The van der Waals surface area contributed by atoms with Crippen molar-refractivity contribution in [3.63, 3.8) is 0 Å². The topological polar surface area (TPSA) is 76.1 Å². The maximum absolute atomic E-state index is 12.6. The Kier molecular flexibility index (Phi) is 9.01. The van der Waals surface area contributed by atoms with Gasteiger partial charge in [-0.1, -0.05) is 60.7 Å². The van der Waals surface area contributed by atoms with E-state index in [0.29, 0.717) is 19.3 Å². The zero-order chi connectivity index (χ0) is 20.2. The fraction of sp³-hybridized carbons (Fsp3) is 0.364. The highest BCUT2D eigenvalue weighted by molar-refractivity contribution is 5.81. The highest BCUT2D eigenvalue weighted by Crippen LogP contribution is 2.13. The predicted molar refractivity (Wildman–Crippen MR) is 105 cm³/mol. The number of likely N-dealkylation sites (N-methyl/N-ethyl adjacent to an activating group) is 1. The number of hydrogen-bond acceptors (Lipinski definition) is 5. The maximum Gasteiger partial charge on any atom is 0.410 e. The number of ether oxygens (including phenoxy) is 2. The van der Waals surface area contributed by atoms with Gasteiger partial charge < -0.3 is 14.6 Å². The number of rotatable bonds is 10. The molecule has 2 aromatic carbocycles. The van der Waals surface area contributed by atoms with E-state index in [2.05, 4.69) is 0 Å². The molecule has 0 spiro atoms. The molecule has 1 N–H and O–H groups in total. The number of benzene rings is 2. The Morgan fingerprint density at radius 2 is 1.43 bits per heavy atom. The molecule has 0 unspecified atom stereocenters. The van der Waals surface area contributed by atoms with Crippen molar-refractivity contribution >= 4 is 12.1 Å². The van der Waals surface area contributed by atoms with Gasteiger partial charge in [-0.2, -0.15) is 0 Å². The summed E-state index contributed by atoms with van der Waals surface area (Å²) in [5.41, 5.74) is 1.74. The van der Waals surface area contributed by atoms with Crippen LogP contribution in [0.15, 0.2) is 60.7 Å². The first-order valence-electron chi connectivity index (χ1n) is 9.36. The van der Waals surface area contributed by atoms with Crippen LogP contribution in [0.5, 0.6) is 0 Å². The molecule has 0 saturated carbocycles. The second-order valence-corrected chi connectivity index (χ2v) is 6.48. The molecule has 0 aromatic heterocycles. The summed E-state index contributed by atoms with van der Waals surface area (Å²) in [5, 5.41) is 9.01. The molecular weight excluding hydrogens is 358 g/mol. The van der Waals surface area contributed by atoms with E-state index in [-0.39, 0.29) is 19.8 Å². The minimum Gasteiger partial charge on any atom is -0.459 e. The lowest BCUT2D eigenvalue weighted by molar-refractivity contribution is -0.150. The van der Waals surface area contributed by atoms with Gasteiger partial charge in [0.2, 0.25) is 0 Å². The molecule has 2 aromatic rings. The van der Waals surface area contributed by atoms with E-state index in [0.717, 1.165) is 11.1 Å². The number of hydrogen-bond donors (Lipinski definition) is 1. The van der Waals surface area contributed by atoms with Gasteiger partial charge >= 0.3 is 12.1 Å². The van der Waals surface area contributed by atoms with Crippen LogP contribution in [-0.2, 0) is 27.5 Å². The monoisotopic (exact) mass is 385 g/mol. The van der Waals surface area contributed by atoms with Crippen molar-refractivity contribution in [3.8, 4) is 0 Å². The largest absolute Gasteiger partial charge is 0.459 e. The summed E-state index contributed by atoms with van der Waals surface area (Å²) in [7, 11) is 1.53. The lowest BCUT2D eigenvalue weighted by Crippen LogP contribution is -2.43. The SMILES string of the molecule is CN(C(=O)OCc1ccccc1)[C@@H](CCCCO)C(=O)OCc1ccccc1. The lowest BCUT2D eigenvalue weighted by Gasteiger charge is -2.26. The molecule has 1 atom stereocenters. The van der Waals surface area contributed by atoms with E-state index in [4.69, 9.17) is 14.6 Å². The Labute approximate surface area is 165 Å². The molecule has 0 radical (unpaired) electrons. The predicted octanol–water partition coefficient (Wildman–Crippen LogP) is 3.53. The quantitative estimate of drug-likeness (QED) is 0.500. The number of amides is 1. The van der Waals surface area contributed by atoms with Crippen molar-refractivity contribution in [3.05, 3.63) is 71.8 Å². The first kappa shape index (κ1) is 21.4. The Hall–Kier alpha value is -2.86. The molecule has 6 nitrogen and oxygen atoms in total. The molecule has 0 heterocycles. The molecule has 150 valence electrons. The number of esters is 1. The van der Waals surface area contributed by atoms with Gasteiger partial charge in [-0.15, -0.1) is 0 Å². The Balaban J connectivity index is 1.94. The zero-order valence-corrected chi connectivity index (χ0v) is 16.1. The van der Waals surface area contributed by atoms with Crippen molar-refractivity contribution in [1.82, 2.24) is 4.90 Å². The van der Waals surface area contributed by atoms with Crippen LogP contribution in [0.25, 0.3) is 0 Å². The molecular formula is C22H27NO5. The number of nitrogens with zero attached hydrogens (tertiary/aromatic N) is 1. The summed E-state index contributed by atoms with van der Waals surface area (Å²) in [6.45, 7) is 0.309. The van der Waals surface area contributed by atoms with E-state index in [1.54, 1.807) is 0 Å². The number of carbonyl (C=O) groups is 2. The fourth-order valence-electron chi connectivity index (χ4n) is 2.69. The van der Waals surface area contributed by atoms with Crippen molar-refractivity contribution < 1.29 is 24.2 Å². The van der Waals surface area contributed by atoms with Gasteiger partial charge in [-0.05, 0) is 30.4 Å². The van der Waals surface area contributed by atoms with E-state index < -0.39 is 18.1 Å². The van der Waals surface area contributed by atoms with Gasteiger partial charge in [-0.25, -0.2) is 9.59 Å². The van der Waals surface area contributed by atoms with Crippen LogP contribution >= 0.6 is 0 Å². The summed E-state index contributed by atoms with van der Waals surface area (Å²) in [5.74, 6) is -0.485. The number of carbonyl (C=O) groups excluding carboxylic acids is 2. The third-order valence-electron chi connectivity index (χ3n) is 4.34. The van der Waals surface area contributed by atoms with E-state index >= 15 is 0 Å². The molecule has 0 bridgehead atoms. The smallest absolute Gasteiger partial charge is 0.410 e. The van der Waals surface area contributed by atoms with Crippen LogP contribution in [0.3, 0.4) is 0 Å². The van der Waals surface area contributed by atoms with Gasteiger partial charge in [0.05, 0.1) is 0 Å². The first-order valence-corrected chi connectivity index (χ1v) is 9.36. The average molecular weight is 385 g/mol. The molecule has 0 aliphatic heterocycles. The standard InChI is InChI=1S/C22H27NO5/c1-23(22(26)28-17-19-12-6-3-7-13-19)20(14-8-9-15-24)21(25)27-16-18-10-4-2-5-11-18/h2-7,10-13,20,24H,8-9,14-17H2,1H3/t20-/m0/s1. The van der Waals surface area contributed by atoms with E-state index in [1.807, 2.05) is 60.7 Å². The van der Waals surface area contributed by atoms with Crippen LogP contribution in [0, 0.1) is 0 Å². The maximum atomic E-state index is 12.6.